The van der Waals surface area contributed by atoms with E-state index in [1.165, 1.54) is 25.9 Å². The fourth-order valence-corrected chi connectivity index (χ4v) is 3.33. The highest BCUT2D eigenvalue weighted by Crippen LogP contribution is 2.20. The Hall–Kier alpha value is -1.17. The summed E-state index contributed by atoms with van der Waals surface area (Å²) in [6.07, 6.45) is 2.61. The lowest BCUT2D eigenvalue weighted by Gasteiger charge is -2.10. The van der Waals surface area contributed by atoms with E-state index in [9.17, 15) is 0 Å². The lowest BCUT2D eigenvalue weighted by molar-refractivity contribution is -0.911. The van der Waals surface area contributed by atoms with Gasteiger partial charge in [-0.25, -0.2) is 0 Å². The molecule has 0 amide bonds. The van der Waals surface area contributed by atoms with Gasteiger partial charge in [0.15, 0.2) is 12.5 Å². The number of aromatic nitrogens is 3. The molecule has 4 nitrogen and oxygen atoms in total. The summed E-state index contributed by atoms with van der Waals surface area (Å²) in [6, 6.07) is 7.78. The highest BCUT2D eigenvalue weighted by Gasteiger charge is 2.19. The van der Waals surface area contributed by atoms with Gasteiger partial charge in [-0.15, -0.1) is 5.10 Å². The summed E-state index contributed by atoms with van der Waals surface area (Å²) < 4.78 is 4.87. The van der Waals surface area contributed by atoms with E-state index in [2.05, 4.69) is 11.5 Å². The summed E-state index contributed by atoms with van der Waals surface area (Å²) in [5, 5.41) is 5.49. The smallest absolute Gasteiger partial charge is 0.203 e. The molecule has 1 saturated heterocycles. The lowest BCUT2D eigenvalue weighted by Crippen LogP contribution is -3.09. The van der Waals surface area contributed by atoms with Gasteiger partial charge in [-0.05, 0) is 43.4 Å². The minimum Gasteiger partial charge on any atom is -0.316 e. The summed E-state index contributed by atoms with van der Waals surface area (Å²) in [5.74, 6) is 0.928. The number of hydrogen-bond donors (Lipinski definition) is 1. The third-order valence-corrected chi connectivity index (χ3v) is 4.71. The van der Waals surface area contributed by atoms with E-state index >= 15 is 0 Å². The van der Waals surface area contributed by atoms with Gasteiger partial charge < -0.3 is 9.47 Å². The molecule has 0 unspecified atom stereocenters. The summed E-state index contributed by atoms with van der Waals surface area (Å²) in [5.41, 5.74) is 1.06. The van der Waals surface area contributed by atoms with Gasteiger partial charge in [0.25, 0.3) is 0 Å². The number of halogens is 1. The van der Waals surface area contributed by atoms with Gasteiger partial charge in [0.2, 0.25) is 4.77 Å². The molecule has 0 atom stereocenters. The summed E-state index contributed by atoms with van der Waals surface area (Å²) >= 11 is 11.6. The number of nitrogens with one attached hydrogen (secondary N) is 1. The van der Waals surface area contributed by atoms with E-state index in [0.29, 0.717) is 0 Å². The Labute approximate surface area is 134 Å². The molecule has 1 aromatic carbocycles. The average Bonchev–Trinajstić information content (AvgIpc) is 3.09. The summed E-state index contributed by atoms with van der Waals surface area (Å²) in [6.45, 7) is 6.23. The van der Waals surface area contributed by atoms with Crippen molar-refractivity contribution in [3.05, 3.63) is 34.1 Å². The summed E-state index contributed by atoms with van der Waals surface area (Å²) in [4.78, 5) is 1.56. The van der Waals surface area contributed by atoms with Gasteiger partial charge >= 0.3 is 0 Å². The summed E-state index contributed by atoms with van der Waals surface area (Å²) in [7, 11) is 0. The van der Waals surface area contributed by atoms with Crippen molar-refractivity contribution >= 4 is 23.8 Å². The van der Waals surface area contributed by atoms with E-state index in [1.807, 2.05) is 28.9 Å². The molecule has 0 bridgehead atoms. The number of hydrogen-bond acceptors (Lipinski definition) is 2. The Balaban J connectivity index is 1.96. The molecule has 0 aliphatic carbocycles. The number of benzene rings is 1. The lowest BCUT2D eigenvalue weighted by atomic mass is 10.2. The Kier molecular flexibility index (Phi) is 4.42. The van der Waals surface area contributed by atoms with Crippen LogP contribution in [0.15, 0.2) is 24.3 Å². The van der Waals surface area contributed by atoms with Crippen LogP contribution >= 0.6 is 23.8 Å². The third kappa shape index (κ3) is 3.05. The molecule has 0 radical (unpaired) electrons. The van der Waals surface area contributed by atoms with Crippen molar-refractivity contribution in [2.24, 2.45) is 0 Å². The van der Waals surface area contributed by atoms with Crippen LogP contribution in [0.2, 0.25) is 5.02 Å². The number of nitrogens with zero attached hydrogens (tertiary/aromatic N) is 3. The minimum atomic E-state index is 0.737. The molecule has 1 N–H and O–H groups in total. The SMILES string of the molecule is CCn1c(-c2ccc(Cl)cc2)nn(C[NH+]2CCCC2)c1=S. The molecule has 0 saturated carbocycles. The second-order valence-corrected chi connectivity index (χ2v) is 6.27. The van der Waals surface area contributed by atoms with Crippen LogP contribution in [0.25, 0.3) is 11.4 Å². The molecule has 112 valence electrons. The zero-order chi connectivity index (χ0) is 14.8. The van der Waals surface area contributed by atoms with E-state index in [-0.39, 0.29) is 0 Å². The van der Waals surface area contributed by atoms with Crippen molar-refractivity contribution in [2.45, 2.75) is 33.0 Å². The Bertz CT molecular complexity index is 668. The van der Waals surface area contributed by atoms with E-state index in [0.717, 1.165) is 34.4 Å². The maximum Gasteiger partial charge on any atom is 0.203 e. The van der Waals surface area contributed by atoms with Gasteiger partial charge in [-0.1, -0.05) is 11.6 Å². The fraction of sp³-hybridized carbons (Fsp3) is 0.467. The van der Waals surface area contributed by atoms with Crippen LogP contribution < -0.4 is 4.90 Å². The quantitative estimate of drug-likeness (QED) is 0.875. The zero-order valence-electron chi connectivity index (χ0n) is 12.2. The standard InChI is InChI=1S/C15H19ClN4S/c1-2-19-14(12-5-7-13(16)8-6-12)17-20(15(19)21)11-18-9-3-4-10-18/h5-8H,2-4,9-11H2,1H3/p+1. The number of rotatable bonds is 4. The molecular formula is C15H20ClN4S+. The normalized spacial score (nSPS) is 15.7. The van der Waals surface area contributed by atoms with Crippen molar-refractivity contribution in [2.75, 3.05) is 13.1 Å². The maximum atomic E-state index is 5.97. The number of likely N-dealkylation sites (tertiary alicyclic amines) is 1. The van der Waals surface area contributed by atoms with Crippen LogP contribution in [0.4, 0.5) is 0 Å². The predicted molar refractivity (Wildman–Crippen MR) is 87.1 cm³/mol. The first-order valence-electron chi connectivity index (χ1n) is 7.46. The second kappa shape index (κ2) is 6.30. The predicted octanol–water partition coefficient (Wildman–Crippen LogP) is 2.39. The first kappa shape index (κ1) is 14.8. The van der Waals surface area contributed by atoms with Crippen LogP contribution in [-0.4, -0.2) is 27.4 Å². The largest absolute Gasteiger partial charge is 0.316 e. The maximum absolute atomic E-state index is 5.97. The first-order valence-corrected chi connectivity index (χ1v) is 8.25. The molecule has 1 aliphatic heterocycles. The van der Waals surface area contributed by atoms with Crippen molar-refractivity contribution in [3.8, 4) is 11.4 Å². The Morgan fingerprint density at radius 2 is 1.90 bits per heavy atom. The first-order chi connectivity index (χ1) is 10.2. The molecule has 2 aromatic rings. The van der Waals surface area contributed by atoms with Gasteiger partial charge in [0, 0.05) is 30.0 Å². The molecule has 1 fully saturated rings. The van der Waals surface area contributed by atoms with E-state index < -0.39 is 0 Å². The zero-order valence-corrected chi connectivity index (χ0v) is 13.8. The molecule has 21 heavy (non-hydrogen) atoms. The molecule has 1 aromatic heterocycles. The van der Waals surface area contributed by atoms with Crippen molar-refractivity contribution in [1.29, 1.82) is 0 Å². The molecular weight excluding hydrogens is 304 g/mol. The van der Waals surface area contributed by atoms with E-state index in [4.69, 9.17) is 28.9 Å². The third-order valence-electron chi connectivity index (χ3n) is 4.03. The fourth-order valence-electron chi connectivity index (χ4n) is 2.89. The van der Waals surface area contributed by atoms with Gasteiger partial charge in [-0.2, -0.15) is 4.68 Å². The second-order valence-electron chi connectivity index (χ2n) is 5.47. The Morgan fingerprint density at radius 3 is 2.52 bits per heavy atom. The molecule has 3 rings (SSSR count). The van der Waals surface area contributed by atoms with Crippen LogP contribution in [0.5, 0.6) is 0 Å². The van der Waals surface area contributed by atoms with Crippen LogP contribution in [0, 0.1) is 4.77 Å². The van der Waals surface area contributed by atoms with Crippen molar-refractivity contribution in [1.82, 2.24) is 14.3 Å². The average molecular weight is 324 g/mol. The molecule has 2 heterocycles. The van der Waals surface area contributed by atoms with Gasteiger partial charge in [0.05, 0.1) is 13.1 Å². The van der Waals surface area contributed by atoms with Crippen LogP contribution in [0.3, 0.4) is 0 Å². The topological polar surface area (TPSA) is 27.2 Å². The van der Waals surface area contributed by atoms with Crippen LogP contribution in [0.1, 0.15) is 19.8 Å². The van der Waals surface area contributed by atoms with Gasteiger partial charge in [0.1, 0.15) is 0 Å². The van der Waals surface area contributed by atoms with Crippen molar-refractivity contribution in [3.63, 3.8) is 0 Å². The number of quaternary nitrogens is 1. The van der Waals surface area contributed by atoms with Crippen LogP contribution in [-0.2, 0) is 13.2 Å². The highest BCUT2D eigenvalue weighted by molar-refractivity contribution is 7.71. The molecule has 6 heteroatoms. The molecule has 1 aliphatic rings. The van der Waals surface area contributed by atoms with Crippen molar-refractivity contribution < 1.29 is 4.90 Å². The molecule has 0 spiro atoms. The Morgan fingerprint density at radius 1 is 1.24 bits per heavy atom. The highest BCUT2D eigenvalue weighted by atomic mass is 35.5. The van der Waals surface area contributed by atoms with Gasteiger partial charge in [-0.3, -0.25) is 0 Å². The monoisotopic (exact) mass is 323 g/mol. The minimum absolute atomic E-state index is 0.737. The van der Waals surface area contributed by atoms with E-state index in [1.54, 1.807) is 4.90 Å².